The molecule has 2 aromatic rings. The first kappa shape index (κ1) is 23.7. The van der Waals surface area contributed by atoms with Gasteiger partial charge >= 0.3 is 0 Å². The average molecular weight is 482 g/mol. The van der Waals surface area contributed by atoms with Crippen LogP contribution in [-0.4, -0.2) is 58.9 Å². The van der Waals surface area contributed by atoms with Gasteiger partial charge in [-0.05, 0) is 47.5 Å². The Hall–Kier alpha value is -3.46. The summed E-state index contributed by atoms with van der Waals surface area (Å²) in [5.41, 5.74) is 1.75. The molecule has 2 saturated heterocycles. The number of imide groups is 1. The van der Waals surface area contributed by atoms with Gasteiger partial charge in [0.15, 0.2) is 0 Å². The number of likely N-dealkylation sites (tertiary alicyclic amines) is 1. The van der Waals surface area contributed by atoms with Crippen LogP contribution in [0.3, 0.4) is 0 Å². The van der Waals surface area contributed by atoms with Crippen LogP contribution in [0.4, 0.5) is 9.18 Å². The number of nitrogens with one attached hydrogen (secondary N) is 1. The van der Waals surface area contributed by atoms with Crippen LogP contribution in [-0.2, 0) is 20.8 Å². The number of halogens is 1. The van der Waals surface area contributed by atoms with E-state index in [0.29, 0.717) is 18.7 Å². The zero-order valence-corrected chi connectivity index (χ0v) is 19.2. The highest BCUT2D eigenvalue weighted by atomic mass is 32.2. The van der Waals surface area contributed by atoms with Crippen LogP contribution >= 0.6 is 11.8 Å². The molecule has 176 valence electrons. The minimum atomic E-state index is -0.448. The number of hydrogen-bond acceptors (Lipinski definition) is 5. The molecule has 0 bridgehead atoms. The van der Waals surface area contributed by atoms with Gasteiger partial charge in [0, 0.05) is 32.6 Å². The number of rotatable bonds is 8. The lowest BCUT2D eigenvalue weighted by Gasteiger charge is -2.17. The van der Waals surface area contributed by atoms with Crippen LogP contribution in [0.5, 0.6) is 0 Å². The molecule has 2 fully saturated rings. The van der Waals surface area contributed by atoms with E-state index in [1.807, 2.05) is 30.3 Å². The molecule has 0 saturated carbocycles. The predicted molar refractivity (Wildman–Crippen MR) is 127 cm³/mol. The van der Waals surface area contributed by atoms with Gasteiger partial charge in [-0.3, -0.25) is 24.1 Å². The van der Waals surface area contributed by atoms with E-state index in [1.54, 1.807) is 4.90 Å². The van der Waals surface area contributed by atoms with E-state index in [0.717, 1.165) is 28.6 Å². The summed E-state index contributed by atoms with van der Waals surface area (Å²) in [6.45, 7) is 1.06. The van der Waals surface area contributed by atoms with Gasteiger partial charge in [0.25, 0.3) is 11.1 Å². The Balaban J connectivity index is 1.24. The van der Waals surface area contributed by atoms with Crippen LogP contribution in [0.25, 0.3) is 6.08 Å². The maximum absolute atomic E-state index is 13.1. The van der Waals surface area contributed by atoms with Crippen molar-refractivity contribution in [1.29, 1.82) is 0 Å². The van der Waals surface area contributed by atoms with Gasteiger partial charge in [-0.2, -0.15) is 0 Å². The molecule has 0 aliphatic carbocycles. The molecule has 2 heterocycles. The second-order valence-electron chi connectivity index (χ2n) is 8.15. The number of amides is 4. The van der Waals surface area contributed by atoms with E-state index >= 15 is 0 Å². The number of nitrogens with zero attached hydrogens (tertiary/aromatic N) is 2. The number of benzene rings is 2. The van der Waals surface area contributed by atoms with Crippen LogP contribution in [0.2, 0.25) is 0 Å². The third-order valence-electron chi connectivity index (χ3n) is 5.77. The third kappa shape index (κ3) is 5.72. The molecule has 4 rings (SSSR count). The summed E-state index contributed by atoms with van der Waals surface area (Å²) >= 11 is 0.810. The summed E-state index contributed by atoms with van der Waals surface area (Å²) in [4.78, 5) is 52.7. The lowest BCUT2D eigenvalue weighted by molar-refractivity contribution is -0.129. The Morgan fingerprint density at radius 1 is 1.06 bits per heavy atom. The van der Waals surface area contributed by atoms with Crippen LogP contribution in [0, 0.1) is 11.7 Å². The van der Waals surface area contributed by atoms with Crippen molar-refractivity contribution in [2.45, 2.75) is 12.8 Å². The van der Waals surface area contributed by atoms with Crippen molar-refractivity contribution in [3.8, 4) is 0 Å². The Bertz CT molecular complexity index is 1120. The van der Waals surface area contributed by atoms with Crippen molar-refractivity contribution in [3.63, 3.8) is 0 Å². The average Bonchev–Trinajstić information content (AvgIpc) is 3.33. The number of carbonyl (C=O) groups is 4. The van der Waals surface area contributed by atoms with Crippen molar-refractivity contribution in [1.82, 2.24) is 15.1 Å². The van der Waals surface area contributed by atoms with Crippen molar-refractivity contribution in [2.24, 2.45) is 5.92 Å². The molecule has 4 amide bonds. The number of carbonyl (C=O) groups excluding carboxylic acids is 4. The number of thioether (sulfide) groups is 1. The first-order chi connectivity index (χ1) is 16.4. The third-order valence-corrected chi connectivity index (χ3v) is 6.68. The van der Waals surface area contributed by atoms with Crippen LogP contribution in [0.15, 0.2) is 59.5 Å². The Morgan fingerprint density at radius 2 is 1.79 bits per heavy atom. The fourth-order valence-electron chi connectivity index (χ4n) is 3.91. The smallest absolute Gasteiger partial charge is 0.293 e. The predicted octanol–water partition coefficient (Wildman–Crippen LogP) is 3.07. The topological polar surface area (TPSA) is 86.8 Å². The zero-order valence-electron chi connectivity index (χ0n) is 18.4. The van der Waals surface area contributed by atoms with Gasteiger partial charge in [-0.1, -0.05) is 42.5 Å². The molecule has 0 unspecified atom stereocenters. The fourth-order valence-corrected chi connectivity index (χ4v) is 4.78. The molecule has 2 aliphatic heterocycles. The first-order valence-corrected chi connectivity index (χ1v) is 11.8. The molecule has 0 aromatic heterocycles. The summed E-state index contributed by atoms with van der Waals surface area (Å²) in [5, 5.41) is 2.32. The van der Waals surface area contributed by atoms with Gasteiger partial charge in [0.1, 0.15) is 5.82 Å². The summed E-state index contributed by atoms with van der Waals surface area (Å²) < 4.78 is 13.1. The van der Waals surface area contributed by atoms with Gasteiger partial charge in [0.2, 0.25) is 11.8 Å². The molecule has 1 atom stereocenters. The van der Waals surface area contributed by atoms with E-state index in [1.165, 1.54) is 30.3 Å². The van der Waals surface area contributed by atoms with E-state index in [-0.39, 0.29) is 42.0 Å². The van der Waals surface area contributed by atoms with Crippen molar-refractivity contribution >= 4 is 40.8 Å². The molecule has 0 radical (unpaired) electrons. The molecule has 2 aromatic carbocycles. The van der Waals surface area contributed by atoms with Gasteiger partial charge in [-0.15, -0.1) is 0 Å². The lowest BCUT2D eigenvalue weighted by atomic mass is 10.1. The lowest BCUT2D eigenvalue weighted by Crippen LogP contribution is -2.40. The minimum absolute atomic E-state index is 0.0373. The Kier molecular flexibility index (Phi) is 7.42. The Labute approximate surface area is 201 Å². The summed E-state index contributed by atoms with van der Waals surface area (Å²) in [5.74, 6) is -1.59. The number of hydrogen-bond donors (Lipinski definition) is 1. The quantitative estimate of drug-likeness (QED) is 0.586. The van der Waals surface area contributed by atoms with Crippen LogP contribution < -0.4 is 5.32 Å². The van der Waals surface area contributed by atoms with E-state index in [4.69, 9.17) is 0 Å². The van der Waals surface area contributed by atoms with Gasteiger partial charge < -0.3 is 10.2 Å². The highest BCUT2D eigenvalue weighted by Gasteiger charge is 2.36. The zero-order chi connectivity index (χ0) is 24.1. The van der Waals surface area contributed by atoms with E-state index < -0.39 is 17.1 Å². The largest absolute Gasteiger partial charge is 0.354 e. The summed E-state index contributed by atoms with van der Waals surface area (Å²) in [6, 6.07) is 15.5. The maximum Gasteiger partial charge on any atom is 0.293 e. The molecule has 34 heavy (non-hydrogen) atoms. The second kappa shape index (κ2) is 10.6. The maximum atomic E-state index is 13.1. The molecule has 2 aliphatic rings. The molecule has 0 spiro atoms. The van der Waals surface area contributed by atoms with Gasteiger partial charge in [0.05, 0.1) is 10.8 Å². The molecular formula is C25H24FN3O4S. The van der Waals surface area contributed by atoms with Crippen LogP contribution in [0.1, 0.15) is 17.5 Å². The summed E-state index contributed by atoms with van der Waals surface area (Å²) in [7, 11) is 0. The van der Waals surface area contributed by atoms with Gasteiger partial charge in [-0.25, -0.2) is 4.39 Å². The minimum Gasteiger partial charge on any atom is -0.354 e. The molecule has 7 nitrogen and oxygen atoms in total. The molecular weight excluding hydrogens is 457 g/mol. The Morgan fingerprint density at radius 3 is 2.53 bits per heavy atom. The SMILES string of the molecule is O=C(NCCN1C(=O)S/C(=C\c2ccc(F)cc2)C1=O)[C@H]1CC(=O)N(CCc2ccccc2)C1. The first-order valence-electron chi connectivity index (χ1n) is 11.0. The van der Waals surface area contributed by atoms with E-state index in [2.05, 4.69) is 5.32 Å². The second-order valence-corrected chi connectivity index (χ2v) is 9.15. The highest BCUT2D eigenvalue weighted by Crippen LogP contribution is 2.32. The van der Waals surface area contributed by atoms with Crippen molar-refractivity contribution in [2.75, 3.05) is 26.2 Å². The van der Waals surface area contributed by atoms with Crippen molar-refractivity contribution in [3.05, 3.63) is 76.4 Å². The highest BCUT2D eigenvalue weighted by molar-refractivity contribution is 8.18. The normalized spacial score (nSPS) is 19.4. The fraction of sp³-hybridized carbons (Fsp3) is 0.280. The standard InChI is InChI=1S/C25H24FN3O4S/c26-20-8-6-18(7-9-20)14-21-24(32)29(25(33)34-21)13-11-27-23(31)19-15-22(30)28(16-19)12-10-17-4-2-1-3-5-17/h1-9,14,19H,10-13,15-16H2,(H,27,31)/b21-14-/t19-/m0/s1. The van der Waals surface area contributed by atoms with Crippen molar-refractivity contribution < 1.29 is 23.6 Å². The summed E-state index contributed by atoms with van der Waals surface area (Å²) in [6.07, 6.45) is 2.42. The molecule has 1 N–H and O–H groups in total. The van der Waals surface area contributed by atoms with E-state index in [9.17, 15) is 23.6 Å². The molecule has 9 heteroatoms. The monoisotopic (exact) mass is 481 g/mol.